The van der Waals surface area contributed by atoms with Crippen LogP contribution in [0, 0.1) is 0 Å². The lowest BCUT2D eigenvalue weighted by atomic mass is 10.2. The normalized spacial score (nSPS) is 12.3. The van der Waals surface area contributed by atoms with Crippen molar-refractivity contribution in [3.8, 4) is 5.75 Å². The van der Waals surface area contributed by atoms with Crippen molar-refractivity contribution in [3.63, 3.8) is 0 Å². The SMILES string of the molecule is COc1ccccc1N(C)CC(O)CBr. The number of halogens is 1. The van der Waals surface area contributed by atoms with Gasteiger partial charge >= 0.3 is 0 Å². The molecule has 4 heteroatoms. The van der Waals surface area contributed by atoms with E-state index in [1.807, 2.05) is 36.2 Å². The van der Waals surface area contributed by atoms with Gasteiger partial charge in [0.25, 0.3) is 0 Å². The van der Waals surface area contributed by atoms with Gasteiger partial charge in [-0.15, -0.1) is 0 Å². The summed E-state index contributed by atoms with van der Waals surface area (Å²) in [6.07, 6.45) is -0.375. The van der Waals surface area contributed by atoms with Crippen molar-refractivity contribution in [1.82, 2.24) is 0 Å². The van der Waals surface area contributed by atoms with Gasteiger partial charge in [0.1, 0.15) is 5.75 Å². The average Bonchev–Trinajstić information content (AvgIpc) is 2.28. The number of para-hydroxylation sites is 2. The first-order valence-corrected chi connectivity index (χ1v) is 5.89. The maximum Gasteiger partial charge on any atom is 0.142 e. The van der Waals surface area contributed by atoms with Crippen LogP contribution in [-0.2, 0) is 0 Å². The molecule has 0 aliphatic rings. The molecule has 0 bridgehead atoms. The molecule has 15 heavy (non-hydrogen) atoms. The van der Waals surface area contributed by atoms with Gasteiger partial charge in [-0.25, -0.2) is 0 Å². The Morgan fingerprint density at radius 2 is 2.13 bits per heavy atom. The first-order chi connectivity index (χ1) is 7.19. The number of ether oxygens (including phenoxy) is 1. The second-order valence-corrected chi connectivity index (χ2v) is 4.01. The van der Waals surface area contributed by atoms with Crippen molar-refractivity contribution in [1.29, 1.82) is 0 Å². The van der Waals surface area contributed by atoms with Crippen molar-refractivity contribution >= 4 is 21.6 Å². The quantitative estimate of drug-likeness (QED) is 0.832. The third-order valence-corrected chi connectivity index (χ3v) is 2.91. The fourth-order valence-corrected chi connectivity index (χ4v) is 1.61. The zero-order valence-corrected chi connectivity index (χ0v) is 10.6. The third kappa shape index (κ3) is 3.39. The highest BCUT2D eigenvalue weighted by Crippen LogP contribution is 2.26. The minimum absolute atomic E-state index is 0.375. The van der Waals surface area contributed by atoms with E-state index in [1.54, 1.807) is 7.11 Å². The smallest absolute Gasteiger partial charge is 0.142 e. The molecule has 0 aliphatic heterocycles. The second-order valence-electron chi connectivity index (χ2n) is 3.36. The Morgan fingerprint density at radius 3 is 2.73 bits per heavy atom. The summed E-state index contributed by atoms with van der Waals surface area (Å²) >= 11 is 3.24. The Labute approximate surface area is 98.8 Å². The first-order valence-electron chi connectivity index (χ1n) is 4.77. The highest BCUT2D eigenvalue weighted by molar-refractivity contribution is 9.09. The molecule has 0 aromatic heterocycles. The van der Waals surface area contributed by atoms with Gasteiger partial charge < -0.3 is 14.7 Å². The molecule has 0 saturated heterocycles. The molecule has 0 spiro atoms. The van der Waals surface area contributed by atoms with Gasteiger partial charge in [-0.2, -0.15) is 0 Å². The molecule has 84 valence electrons. The number of likely N-dealkylation sites (N-methyl/N-ethyl adjacent to an activating group) is 1. The Balaban J connectivity index is 2.76. The molecule has 0 aliphatic carbocycles. The molecule has 1 atom stereocenters. The van der Waals surface area contributed by atoms with Gasteiger partial charge in [-0.1, -0.05) is 28.1 Å². The molecule has 1 aromatic rings. The zero-order valence-electron chi connectivity index (χ0n) is 8.98. The van der Waals surface area contributed by atoms with Crippen molar-refractivity contribution in [2.75, 3.05) is 30.9 Å². The third-order valence-electron chi connectivity index (χ3n) is 2.16. The van der Waals surface area contributed by atoms with Crippen molar-refractivity contribution in [2.24, 2.45) is 0 Å². The molecule has 1 N–H and O–H groups in total. The van der Waals surface area contributed by atoms with Crippen LogP contribution in [0.5, 0.6) is 5.75 Å². The number of aliphatic hydroxyl groups is 1. The van der Waals surface area contributed by atoms with Gasteiger partial charge in [0.2, 0.25) is 0 Å². The van der Waals surface area contributed by atoms with Crippen LogP contribution >= 0.6 is 15.9 Å². The van der Waals surface area contributed by atoms with Crippen LogP contribution in [0.15, 0.2) is 24.3 Å². The minimum Gasteiger partial charge on any atom is -0.495 e. The molecule has 1 rings (SSSR count). The largest absolute Gasteiger partial charge is 0.495 e. The number of rotatable bonds is 5. The molecule has 0 radical (unpaired) electrons. The fourth-order valence-electron chi connectivity index (χ4n) is 1.41. The van der Waals surface area contributed by atoms with E-state index in [9.17, 15) is 5.11 Å². The zero-order chi connectivity index (χ0) is 11.3. The highest BCUT2D eigenvalue weighted by Gasteiger charge is 2.10. The van der Waals surface area contributed by atoms with Crippen molar-refractivity contribution in [3.05, 3.63) is 24.3 Å². The molecule has 0 saturated carbocycles. The number of hydrogen-bond acceptors (Lipinski definition) is 3. The Kier molecular flexibility index (Phi) is 4.91. The van der Waals surface area contributed by atoms with E-state index in [0.717, 1.165) is 11.4 Å². The number of aliphatic hydroxyl groups excluding tert-OH is 1. The van der Waals surface area contributed by atoms with Gasteiger partial charge in [-0.05, 0) is 12.1 Å². The topological polar surface area (TPSA) is 32.7 Å². The number of alkyl halides is 1. The van der Waals surface area contributed by atoms with Crippen LogP contribution in [0.3, 0.4) is 0 Å². The van der Waals surface area contributed by atoms with Crippen LogP contribution in [-0.4, -0.2) is 37.2 Å². The summed E-state index contributed by atoms with van der Waals surface area (Å²) in [5.41, 5.74) is 0.986. The molecular formula is C11H16BrNO2. The summed E-state index contributed by atoms with van der Waals surface area (Å²) in [4.78, 5) is 1.98. The molecule has 0 fully saturated rings. The first kappa shape index (κ1) is 12.3. The Bertz CT molecular complexity index is 306. The van der Waals surface area contributed by atoms with Crippen molar-refractivity contribution < 1.29 is 9.84 Å². The predicted molar refractivity (Wildman–Crippen MR) is 66.1 cm³/mol. The number of anilines is 1. The summed E-state index contributed by atoms with van der Waals surface area (Å²) < 4.78 is 5.25. The summed E-state index contributed by atoms with van der Waals surface area (Å²) in [5.74, 6) is 0.821. The highest BCUT2D eigenvalue weighted by atomic mass is 79.9. The summed E-state index contributed by atoms with van der Waals surface area (Å²) in [6.45, 7) is 0.575. The summed E-state index contributed by atoms with van der Waals surface area (Å²) in [7, 11) is 3.58. The number of nitrogens with zero attached hydrogens (tertiary/aromatic N) is 1. The lowest BCUT2D eigenvalue weighted by Crippen LogP contribution is -2.30. The van der Waals surface area contributed by atoms with E-state index in [4.69, 9.17) is 4.74 Å². The minimum atomic E-state index is -0.375. The van der Waals surface area contributed by atoms with Gasteiger partial charge in [0.05, 0.1) is 18.9 Å². The van der Waals surface area contributed by atoms with Crippen LogP contribution in [0.4, 0.5) is 5.69 Å². The molecule has 0 heterocycles. The number of hydrogen-bond donors (Lipinski definition) is 1. The fraction of sp³-hybridized carbons (Fsp3) is 0.455. The maximum atomic E-state index is 9.52. The lowest BCUT2D eigenvalue weighted by molar-refractivity contribution is 0.207. The van der Waals surface area contributed by atoms with E-state index >= 15 is 0 Å². The van der Waals surface area contributed by atoms with Crippen LogP contribution in [0.25, 0.3) is 0 Å². The van der Waals surface area contributed by atoms with Crippen LogP contribution in [0.1, 0.15) is 0 Å². The standard InChI is InChI=1S/C11H16BrNO2/c1-13(8-9(14)7-12)10-5-3-4-6-11(10)15-2/h3-6,9,14H,7-8H2,1-2H3. The summed E-state index contributed by atoms with van der Waals surface area (Å²) in [5, 5.41) is 10.1. The van der Waals surface area contributed by atoms with E-state index in [1.165, 1.54) is 0 Å². The van der Waals surface area contributed by atoms with E-state index < -0.39 is 0 Å². The second kappa shape index (κ2) is 5.98. The Morgan fingerprint density at radius 1 is 1.47 bits per heavy atom. The molecular weight excluding hydrogens is 258 g/mol. The number of methoxy groups -OCH3 is 1. The van der Waals surface area contributed by atoms with E-state index in [0.29, 0.717) is 11.9 Å². The van der Waals surface area contributed by atoms with E-state index in [-0.39, 0.29) is 6.10 Å². The van der Waals surface area contributed by atoms with Gasteiger partial charge in [0.15, 0.2) is 0 Å². The van der Waals surface area contributed by atoms with E-state index in [2.05, 4.69) is 15.9 Å². The van der Waals surface area contributed by atoms with Gasteiger partial charge in [0, 0.05) is 18.9 Å². The molecule has 0 amide bonds. The van der Waals surface area contributed by atoms with Gasteiger partial charge in [-0.3, -0.25) is 0 Å². The molecule has 1 aromatic carbocycles. The van der Waals surface area contributed by atoms with Crippen molar-refractivity contribution in [2.45, 2.75) is 6.10 Å². The van der Waals surface area contributed by atoms with Crippen LogP contribution < -0.4 is 9.64 Å². The number of benzene rings is 1. The lowest BCUT2D eigenvalue weighted by Gasteiger charge is -2.23. The summed E-state index contributed by atoms with van der Waals surface area (Å²) in [6, 6.07) is 7.76. The monoisotopic (exact) mass is 273 g/mol. The molecule has 1 unspecified atom stereocenters. The van der Waals surface area contributed by atoms with Crippen LogP contribution in [0.2, 0.25) is 0 Å². The average molecular weight is 274 g/mol. The Hall–Kier alpha value is -0.740. The molecule has 3 nitrogen and oxygen atoms in total. The predicted octanol–water partition coefficient (Wildman–Crippen LogP) is 1.89. The maximum absolute atomic E-state index is 9.52.